The highest BCUT2D eigenvalue weighted by Gasteiger charge is 2.35. The lowest BCUT2D eigenvalue weighted by molar-refractivity contribution is 0.0901. The molecule has 41 heavy (non-hydrogen) atoms. The maximum Gasteiger partial charge on any atom is 0.252 e. The van der Waals surface area contributed by atoms with Gasteiger partial charge < -0.3 is 14.8 Å². The van der Waals surface area contributed by atoms with Crippen molar-refractivity contribution < 1.29 is 9.63 Å². The first-order valence-electron chi connectivity index (χ1n) is 14.9. The van der Waals surface area contributed by atoms with E-state index < -0.39 is 0 Å². The Kier molecular flexibility index (Phi) is 6.60. The van der Waals surface area contributed by atoms with E-state index in [1.54, 1.807) is 0 Å². The van der Waals surface area contributed by atoms with Gasteiger partial charge in [-0.15, -0.1) is 0 Å². The summed E-state index contributed by atoms with van der Waals surface area (Å²) in [6, 6.07) is 6.57. The van der Waals surface area contributed by atoms with Crippen LogP contribution in [-0.4, -0.2) is 75.9 Å². The molecule has 2 aliphatic heterocycles. The summed E-state index contributed by atoms with van der Waals surface area (Å²) >= 11 is 0. The summed E-state index contributed by atoms with van der Waals surface area (Å²) in [5.41, 5.74) is 13.6. The lowest BCUT2D eigenvalue weighted by Crippen LogP contribution is -2.46. The Morgan fingerprint density at radius 1 is 1.07 bits per heavy atom. The van der Waals surface area contributed by atoms with Gasteiger partial charge in [-0.3, -0.25) is 24.7 Å². The molecule has 214 valence electrons. The Balaban J connectivity index is 1.44. The number of nitrogens with zero attached hydrogens (tertiary/aromatic N) is 5. The van der Waals surface area contributed by atoms with Crippen molar-refractivity contribution in [1.82, 2.24) is 34.9 Å². The number of aromatic nitrogens is 3. The van der Waals surface area contributed by atoms with Gasteiger partial charge in [0, 0.05) is 92.0 Å². The van der Waals surface area contributed by atoms with E-state index in [1.807, 2.05) is 18.7 Å². The van der Waals surface area contributed by atoms with Gasteiger partial charge >= 0.3 is 0 Å². The number of likely N-dealkylation sites (N-methyl/N-ethyl adjacent to an activating group) is 1. The number of hydroxylamine groups is 1. The minimum Gasteiger partial charge on any atom is -0.348 e. The molecule has 2 aromatic carbocycles. The van der Waals surface area contributed by atoms with E-state index in [2.05, 4.69) is 63.1 Å². The fourth-order valence-corrected chi connectivity index (χ4v) is 7.12. The number of aryl methyl sites for hydroxylation is 3. The van der Waals surface area contributed by atoms with Gasteiger partial charge in [-0.05, 0) is 49.6 Å². The van der Waals surface area contributed by atoms with Crippen molar-refractivity contribution in [3.05, 3.63) is 58.9 Å². The lowest BCUT2D eigenvalue weighted by Gasteiger charge is -2.34. The molecule has 2 N–H and O–H groups in total. The summed E-state index contributed by atoms with van der Waals surface area (Å²) < 4.78 is 4.42. The molecule has 0 spiro atoms. The van der Waals surface area contributed by atoms with Gasteiger partial charge in [0.25, 0.3) is 5.91 Å². The SMILES string of the molecule is C=C(NOCC)c1ccc2c(c1)c1c3c(c4c(c1n2CCN1CCN(CC)CC1)CCc1nn(C)cc1-4)C(=O)NC3. The molecular weight excluding hydrogens is 514 g/mol. The van der Waals surface area contributed by atoms with E-state index in [9.17, 15) is 4.79 Å². The highest BCUT2D eigenvalue weighted by molar-refractivity contribution is 6.19. The quantitative estimate of drug-likeness (QED) is 0.324. The first-order chi connectivity index (χ1) is 20.0. The molecule has 1 aliphatic carbocycles. The number of fused-ring (bicyclic) bond motifs is 10. The van der Waals surface area contributed by atoms with E-state index in [-0.39, 0.29) is 5.91 Å². The van der Waals surface area contributed by atoms with E-state index in [0.717, 1.165) is 97.9 Å². The molecule has 0 saturated carbocycles. The molecule has 4 aromatic rings. The standard InChI is InChI=1S/C32H39N7O2/c1-5-37-11-13-38(14-12-37)15-16-39-27-10-7-21(20(3)35-41-6-2)17-23(27)29-24-18-33-32(40)30(24)28-22(31(29)39)8-9-26-25(28)19-36(4)34-26/h7,10,17,19,35H,3,5-6,8-9,11-16,18H2,1-2,4H3,(H,33,40). The number of amides is 1. The molecule has 9 heteroatoms. The van der Waals surface area contributed by atoms with Crippen LogP contribution in [0, 0.1) is 0 Å². The second kappa shape index (κ2) is 10.3. The van der Waals surface area contributed by atoms with Crippen LogP contribution in [0.5, 0.6) is 0 Å². The fraction of sp³-hybridized carbons (Fsp3) is 0.438. The number of carbonyl (C=O) groups excluding carboxylic acids is 1. The molecule has 0 unspecified atom stereocenters. The zero-order valence-electron chi connectivity index (χ0n) is 24.3. The molecule has 3 aliphatic rings. The van der Waals surface area contributed by atoms with Crippen molar-refractivity contribution in [2.75, 3.05) is 45.9 Å². The third-order valence-corrected chi connectivity index (χ3v) is 9.18. The smallest absolute Gasteiger partial charge is 0.252 e. The van der Waals surface area contributed by atoms with Crippen molar-refractivity contribution in [1.29, 1.82) is 0 Å². The van der Waals surface area contributed by atoms with Gasteiger partial charge in [0.2, 0.25) is 0 Å². The van der Waals surface area contributed by atoms with Crippen LogP contribution in [0.2, 0.25) is 0 Å². The zero-order chi connectivity index (χ0) is 28.2. The number of rotatable bonds is 8. The third-order valence-electron chi connectivity index (χ3n) is 9.18. The predicted molar refractivity (Wildman–Crippen MR) is 163 cm³/mol. The third kappa shape index (κ3) is 4.26. The average molecular weight is 554 g/mol. The summed E-state index contributed by atoms with van der Waals surface area (Å²) in [4.78, 5) is 24.0. The van der Waals surface area contributed by atoms with Gasteiger partial charge in [-0.25, -0.2) is 0 Å². The van der Waals surface area contributed by atoms with Crippen LogP contribution in [0.15, 0.2) is 31.0 Å². The summed E-state index contributed by atoms with van der Waals surface area (Å²) in [6.07, 6.45) is 3.83. The van der Waals surface area contributed by atoms with Gasteiger partial charge in [-0.1, -0.05) is 19.6 Å². The maximum absolute atomic E-state index is 13.4. The minimum atomic E-state index is 0.0168. The summed E-state index contributed by atoms with van der Waals surface area (Å²) in [5.74, 6) is 0.0168. The van der Waals surface area contributed by atoms with Crippen molar-refractivity contribution in [3.63, 3.8) is 0 Å². The Morgan fingerprint density at radius 2 is 1.88 bits per heavy atom. The Bertz CT molecular complexity index is 1690. The normalized spacial score (nSPS) is 17.1. The Hall–Kier alpha value is -3.66. The van der Waals surface area contributed by atoms with Crippen molar-refractivity contribution in [2.45, 2.75) is 39.8 Å². The van der Waals surface area contributed by atoms with Crippen molar-refractivity contribution in [3.8, 4) is 11.1 Å². The van der Waals surface area contributed by atoms with Crippen LogP contribution in [-0.2, 0) is 37.8 Å². The first kappa shape index (κ1) is 26.3. The van der Waals surface area contributed by atoms with Gasteiger partial charge in [-0.2, -0.15) is 5.10 Å². The minimum absolute atomic E-state index is 0.0168. The van der Waals surface area contributed by atoms with E-state index >= 15 is 0 Å². The molecule has 1 fully saturated rings. The van der Waals surface area contributed by atoms with E-state index in [1.165, 1.54) is 27.4 Å². The van der Waals surface area contributed by atoms with Crippen LogP contribution in [0.3, 0.4) is 0 Å². The fourth-order valence-electron chi connectivity index (χ4n) is 7.12. The van der Waals surface area contributed by atoms with Crippen LogP contribution in [0.1, 0.15) is 46.6 Å². The summed E-state index contributed by atoms with van der Waals surface area (Å²) in [7, 11) is 1.97. The summed E-state index contributed by atoms with van der Waals surface area (Å²) in [5, 5.41) is 10.3. The second-order valence-corrected chi connectivity index (χ2v) is 11.4. The maximum atomic E-state index is 13.4. The molecule has 0 radical (unpaired) electrons. The molecule has 0 atom stereocenters. The van der Waals surface area contributed by atoms with Crippen molar-refractivity contribution in [2.24, 2.45) is 7.05 Å². The van der Waals surface area contributed by atoms with Crippen LogP contribution < -0.4 is 10.8 Å². The molecule has 2 aromatic heterocycles. The number of benzene rings is 2. The van der Waals surface area contributed by atoms with Gasteiger partial charge in [0.1, 0.15) is 0 Å². The van der Waals surface area contributed by atoms with Crippen LogP contribution in [0.4, 0.5) is 0 Å². The Labute approximate surface area is 240 Å². The number of hydrogen-bond donors (Lipinski definition) is 2. The first-order valence-corrected chi connectivity index (χ1v) is 14.9. The topological polar surface area (TPSA) is 79.6 Å². The molecular formula is C32H39N7O2. The van der Waals surface area contributed by atoms with Crippen LogP contribution in [0.25, 0.3) is 38.6 Å². The predicted octanol–water partition coefficient (Wildman–Crippen LogP) is 3.69. The highest BCUT2D eigenvalue weighted by atomic mass is 16.6. The molecule has 7 rings (SSSR count). The van der Waals surface area contributed by atoms with Gasteiger partial charge in [0.05, 0.1) is 29.1 Å². The largest absolute Gasteiger partial charge is 0.348 e. The number of hydrogen-bond acceptors (Lipinski definition) is 6. The monoisotopic (exact) mass is 553 g/mol. The molecule has 1 saturated heterocycles. The second-order valence-electron chi connectivity index (χ2n) is 11.4. The highest BCUT2D eigenvalue weighted by Crippen LogP contribution is 2.47. The zero-order valence-corrected chi connectivity index (χ0v) is 24.3. The van der Waals surface area contributed by atoms with E-state index in [4.69, 9.17) is 9.94 Å². The number of nitrogens with one attached hydrogen (secondary N) is 2. The number of piperazine rings is 1. The average Bonchev–Trinajstić information content (AvgIpc) is 3.67. The molecule has 4 heterocycles. The molecule has 9 nitrogen and oxygen atoms in total. The van der Waals surface area contributed by atoms with E-state index in [0.29, 0.717) is 13.2 Å². The van der Waals surface area contributed by atoms with Crippen LogP contribution >= 0.6 is 0 Å². The van der Waals surface area contributed by atoms with Gasteiger partial charge in [0.15, 0.2) is 0 Å². The molecule has 1 amide bonds. The lowest BCUT2D eigenvalue weighted by atomic mass is 9.82. The number of carbonyl (C=O) groups is 1. The Morgan fingerprint density at radius 3 is 2.66 bits per heavy atom. The van der Waals surface area contributed by atoms with Crippen molar-refractivity contribution >= 4 is 33.4 Å². The molecule has 0 bridgehead atoms. The summed E-state index contributed by atoms with van der Waals surface area (Å²) in [6.45, 7) is 17.0.